The maximum Gasteiger partial charge on any atom is 0.287 e. The highest BCUT2D eigenvalue weighted by atomic mass is 32.2. The summed E-state index contributed by atoms with van der Waals surface area (Å²) in [5, 5.41) is 5.73. The molecule has 0 spiro atoms. The fraction of sp³-hybridized carbons (Fsp3) is 0.500. The van der Waals surface area contributed by atoms with Crippen molar-refractivity contribution in [2.45, 2.75) is 113 Å². The minimum atomic E-state index is -4.07. The van der Waals surface area contributed by atoms with E-state index in [-0.39, 0.29) is 43.0 Å². The highest BCUT2D eigenvalue weighted by Crippen LogP contribution is 2.43. The van der Waals surface area contributed by atoms with Crippen molar-refractivity contribution in [1.82, 2.24) is 30.2 Å². The summed E-state index contributed by atoms with van der Waals surface area (Å²) in [6, 6.07) is 5.34. The first-order valence-electron chi connectivity index (χ1n) is 19.3. The minimum Gasteiger partial charge on any atom is -0.471 e. The number of benzene rings is 1. The summed E-state index contributed by atoms with van der Waals surface area (Å²) in [5.41, 5.74) is -0.910. The fourth-order valence-corrected chi connectivity index (χ4v) is 8.96. The van der Waals surface area contributed by atoms with Crippen molar-refractivity contribution in [2.24, 2.45) is 5.92 Å². The third kappa shape index (κ3) is 7.67. The first-order valence-corrected chi connectivity index (χ1v) is 20.7. The number of sulfonamides is 1. The van der Waals surface area contributed by atoms with Crippen LogP contribution in [0.2, 0.25) is 0 Å². The Morgan fingerprint density at radius 2 is 1.88 bits per heavy atom. The average Bonchev–Trinajstić information content (AvgIpc) is 3.45. The number of aromatic nitrogens is 2. The molecule has 2 aromatic heterocycles. The number of furan rings is 1. The van der Waals surface area contributed by atoms with E-state index in [2.05, 4.69) is 25.3 Å². The van der Waals surface area contributed by atoms with Gasteiger partial charge in [-0.05, 0) is 83.1 Å². The summed E-state index contributed by atoms with van der Waals surface area (Å²) in [5.74, 6) is -3.37. The maximum atomic E-state index is 14.8. The van der Waals surface area contributed by atoms with Crippen molar-refractivity contribution < 1.29 is 41.1 Å². The minimum absolute atomic E-state index is 0.00571. The summed E-state index contributed by atoms with van der Waals surface area (Å²) < 4.78 is 54.6. The van der Waals surface area contributed by atoms with Crippen molar-refractivity contribution >= 4 is 44.7 Å². The highest BCUT2D eigenvalue weighted by molar-refractivity contribution is 7.91. The van der Waals surface area contributed by atoms with Crippen molar-refractivity contribution in [3.8, 4) is 5.88 Å². The Bertz CT molecular complexity index is 2220. The van der Waals surface area contributed by atoms with E-state index in [9.17, 15) is 32.0 Å². The molecular formula is C40H47FN6O8S. The number of ether oxygens (including phenoxy) is 1. The smallest absolute Gasteiger partial charge is 0.287 e. The molecule has 16 heteroatoms. The van der Waals surface area contributed by atoms with Crippen LogP contribution in [0.3, 0.4) is 0 Å². The van der Waals surface area contributed by atoms with Crippen molar-refractivity contribution in [1.29, 1.82) is 0 Å². The van der Waals surface area contributed by atoms with E-state index in [0.717, 1.165) is 12.8 Å². The van der Waals surface area contributed by atoms with Crippen molar-refractivity contribution in [2.75, 3.05) is 6.54 Å². The lowest BCUT2D eigenvalue weighted by atomic mass is 9.84. The molecule has 7 rings (SSSR count). The molecule has 14 nitrogen and oxygen atoms in total. The summed E-state index contributed by atoms with van der Waals surface area (Å²) in [6.45, 7) is 5.00. The number of hydrogen-bond donors (Lipinski definition) is 3. The Kier molecular flexibility index (Phi) is 10.8. The Labute approximate surface area is 324 Å². The number of carbonyl (C=O) groups excluding carboxylic acids is 4. The zero-order valence-electron chi connectivity index (χ0n) is 31.7. The summed E-state index contributed by atoms with van der Waals surface area (Å²) in [4.78, 5) is 67.3. The molecule has 56 heavy (non-hydrogen) atoms. The molecular weight excluding hydrogens is 744 g/mol. The van der Waals surface area contributed by atoms with Crippen molar-refractivity contribution in [3.05, 3.63) is 77.7 Å². The SMILES string of the molecule is CCc1nc2cccc(F)c2nc1O[C@@H]1C[C@H]2C(=O)N[C@]3(C(=O)NS(=O)(=O)C4(C)CC4)CC=CC3/C=C\CCCCC[C@H](NC(=O)c3ccc(C)o3)C(=O)N2C1. The Morgan fingerprint density at radius 3 is 2.61 bits per heavy atom. The van der Waals surface area contributed by atoms with Crippen LogP contribution in [-0.4, -0.2) is 81.9 Å². The average molecular weight is 791 g/mol. The van der Waals surface area contributed by atoms with E-state index >= 15 is 0 Å². The van der Waals surface area contributed by atoms with E-state index < -0.39 is 73.9 Å². The van der Waals surface area contributed by atoms with Gasteiger partial charge in [0.1, 0.15) is 40.7 Å². The van der Waals surface area contributed by atoms with Gasteiger partial charge in [-0.1, -0.05) is 50.1 Å². The van der Waals surface area contributed by atoms with E-state index in [1.807, 2.05) is 19.1 Å². The molecule has 2 aliphatic carbocycles. The van der Waals surface area contributed by atoms with Gasteiger partial charge in [-0.15, -0.1) is 0 Å². The predicted octanol–water partition coefficient (Wildman–Crippen LogP) is 4.33. The van der Waals surface area contributed by atoms with Crippen LogP contribution >= 0.6 is 0 Å². The first-order chi connectivity index (χ1) is 26.7. The number of hydrogen-bond acceptors (Lipinski definition) is 10. The number of rotatable bonds is 8. The topological polar surface area (TPSA) is 190 Å². The number of nitrogens with zero attached hydrogens (tertiary/aromatic N) is 3. The molecule has 3 N–H and O–H groups in total. The van der Waals surface area contributed by atoms with E-state index in [4.69, 9.17) is 9.15 Å². The van der Waals surface area contributed by atoms with Gasteiger partial charge >= 0.3 is 0 Å². The number of allylic oxidation sites excluding steroid dienone is 1. The molecule has 0 bridgehead atoms. The number of aryl methyl sites for hydroxylation is 2. The van der Waals surface area contributed by atoms with E-state index in [1.54, 1.807) is 38.1 Å². The molecule has 0 radical (unpaired) electrons. The summed E-state index contributed by atoms with van der Waals surface area (Å²) in [6.07, 6.45) is 10.5. The second-order valence-electron chi connectivity index (χ2n) is 15.4. The quantitative estimate of drug-likeness (QED) is 0.277. The molecule has 1 saturated heterocycles. The molecule has 1 saturated carbocycles. The third-order valence-corrected chi connectivity index (χ3v) is 13.5. The third-order valence-electron chi connectivity index (χ3n) is 11.4. The van der Waals surface area contributed by atoms with Crippen LogP contribution in [0, 0.1) is 18.7 Å². The number of halogens is 1. The van der Waals surface area contributed by atoms with Crippen LogP contribution in [0.15, 0.2) is 59.1 Å². The van der Waals surface area contributed by atoms with Gasteiger partial charge in [0.25, 0.3) is 11.8 Å². The highest BCUT2D eigenvalue weighted by Gasteiger charge is 2.55. The summed E-state index contributed by atoms with van der Waals surface area (Å²) in [7, 11) is -4.07. The van der Waals surface area contributed by atoms with Crippen LogP contribution in [0.1, 0.15) is 93.6 Å². The van der Waals surface area contributed by atoms with Gasteiger partial charge < -0.3 is 24.7 Å². The fourth-order valence-electron chi connectivity index (χ4n) is 7.64. The van der Waals surface area contributed by atoms with Gasteiger partial charge in [0.2, 0.25) is 27.7 Å². The van der Waals surface area contributed by atoms with Crippen molar-refractivity contribution in [3.63, 3.8) is 0 Å². The molecule has 298 valence electrons. The zero-order chi connectivity index (χ0) is 39.8. The normalized spacial score (nSPS) is 27.0. The zero-order valence-corrected chi connectivity index (χ0v) is 32.5. The van der Waals surface area contributed by atoms with Gasteiger partial charge in [0.15, 0.2) is 11.6 Å². The second kappa shape index (κ2) is 15.4. The van der Waals surface area contributed by atoms with Gasteiger partial charge in [-0.3, -0.25) is 23.9 Å². The molecule has 4 amide bonds. The Hall–Kier alpha value is -5.12. The molecule has 2 aliphatic heterocycles. The predicted molar refractivity (Wildman–Crippen MR) is 203 cm³/mol. The standard InChI is InChI=1S/C40H47FN6O8S/c1-4-28-36(44-33-27(41)14-10-16-29(33)42-28)55-26-22-31-34(48)45-40(38(51)46-56(52,53)39(3)20-21-39)19-11-13-25(40)12-8-6-5-7-9-15-30(37(50)47(31)23-26)43-35(49)32-18-17-24(2)54-32/h8,10-14,16-18,25-26,30-31H,4-7,9,15,19-23H2,1-3H3,(H,43,49)(H,45,48)(H,46,51)/b12-8-/t25?,26-,30+,31+,40-/m1/s1. The molecule has 2 fully saturated rings. The first kappa shape index (κ1) is 39.1. The second-order valence-corrected chi connectivity index (χ2v) is 17.6. The lowest BCUT2D eigenvalue weighted by Crippen LogP contribution is -2.65. The largest absolute Gasteiger partial charge is 0.471 e. The van der Waals surface area contributed by atoms with Gasteiger partial charge in [-0.25, -0.2) is 22.8 Å². The molecule has 4 heterocycles. The maximum absolute atomic E-state index is 14.8. The van der Waals surface area contributed by atoms with Gasteiger partial charge in [0, 0.05) is 12.3 Å². The Balaban J connectivity index is 1.24. The number of carbonyl (C=O) groups is 4. The molecule has 5 atom stereocenters. The van der Waals surface area contributed by atoms with Crippen LogP contribution < -0.4 is 20.1 Å². The van der Waals surface area contributed by atoms with Gasteiger partial charge in [0.05, 0.1) is 16.8 Å². The Morgan fingerprint density at radius 1 is 1.09 bits per heavy atom. The van der Waals surface area contributed by atoms with Crippen LogP contribution in [0.5, 0.6) is 5.88 Å². The van der Waals surface area contributed by atoms with E-state index in [1.165, 1.54) is 23.1 Å². The van der Waals surface area contributed by atoms with Crippen LogP contribution in [0.25, 0.3) is 11.0 Å². The number of para-hydroxylation sites is 1. The number of nitrogens with one attached hydrogen (secondary N) is 3. The van der Waals surface area contributed by atoms with Gasteiger partial charge in [-0.2, -0.15) is 0 Å². The molecule has 4 aliphatic rings. The number of fused-ring (bicyclic) bond motifs is 3. The summed E-state index contributed by atoms with van der Waals surface area (Å²) >= 11 is 0. The number of amides is 4. The molecule has 3 aromatic rings. The molecule has 1 aromatic carbocycles. The van der Waals surface area contributed by atoms with Crippen LogP contribution in [0.4, 0.5) is 4.39 Å². The lowest BCUT2D eigenvalue weighted by Gasteiger charge is -2.36. The van der Waals surface area contributed by atoms with Crippen LogP contribution in [-0.2, 0) is 30.8 Å². The molecule has 1 unspecified atom stereocenters. The lowest BCUT2D eigenvalue weighted by molar-refractivity contribution is -0.142. The monoisotopic (exact) mass is 790 g/mol. The van der Waals surface area contributed by atoms with E-state index in [0.29, 0.717) is 49.1 Å².